The van der Waals surface area contributed by atoms with Gasteiger partial charge in [-0.2, -0.15) is 0 Å². The van der Waals surface area contributed by atoms with Gasteiger partial charge in [0, 0.05) is 30.7 Å². The quantitative estimate of drug-likeness (QED) is 0.803. The van der Waals surface area contributed by atoms with Crippen LogP contribution in [0.15, 0.2) is 24.5 Å². The van der Waals surface area contributed by atoms with Gasteiger partial charge < -0.3 is 10.3 Å². The molecule has 0 aliphatic rings. The minimum absolute atomic E-state index is 0.00857. The zero-order valence-electron chi connectivity index (χ0n) is 10.2. The van der Waals surface area contributed by atoms with Gasteiger partial charge in [-0.05, 0) is 26.0 Å². The van der Waals surface area contributed by atoms with Crippen LogP contribution in [0.4, 0.5) is 5.69 Å². The molecule has 2 aromatic rings. The van der Waals surface area contributed by atoms with Crippen LogP contribution >= 0.6 is 0 Å². The summed E-state index contributed by atoms with van der Waals surface area (Å²) in [6, 6.07) is 3.78. The van der Waals surface area contributed by atoms with E-state index in [0.717, 1.165) is 17.0 Å². The number of Topliss-reactive ketones (excluding diaryl/α,β-unsaturated/α-hetero) is 1. The predicted molar refractivity (Wildman–Crippen MR) is 67.8 cm³/mol. The van der Waals surface area contributed by atoms with Gasteiger partial charge in [0.1, 0.15) is 0 Å². The van der Waals surface area contributed by atoms with Gasteiger partial charge in [0.05, 0.1) is 16.9 Å². The molecule has 2 aromatic heterocycles. The second kappa shape index (κ2) is 4.05. The van der Waals surface area contributed by atoms with Crippen molar-refractivity contribution in [3.63, 3.8) is 0 Å². The Morgan fingerprint density at radius 1 is 1.47 bits per heavy atom. The summed E-state index contributed by atoms with van der Waals surface area (Å²) in [7, 11) is 1.90. The zero-order valence-corrected chi connectivity index (χ0v) is 10.2. The standard InChI is InChI=1S/C13H15N3O/c1-8-11(9(2)17)12(14)13(16(8)3)10-5-4-6-15-7-10/h4-7H,14H2,1-3H3. The Morgan fingerprint density at radius 3 is 2.65 bits per heavy atom. The van der Waals surface area contributed by atoms with Crippen molar-refractivity contribution in [2.45, 2.75) is 13.8 Å². The summed E-state index contributed by atoms with van der Waals surface area (Å²) in [4.78, 5) is 15.6. The number of aromatic nitrogens is 2. The Kier molecular flexibility index (Phi) is 2.71. The molecular formula is C13H15N3O. The van der Waals surface area contributed by atoms with Crippen molar-refractivity contribution in [1.82, 2.24) is 9.55 Å². The average molecular weight is 229 g/mol. The highest BCUT2D eigenvalue weighted by atomic mass is 16.1. The topological polar surface area (TPSA) is 60.9 Å². The van der Waals surface area contributed by atoms with E-state index < -0.39 is 0 Å². The van der Waals surface area contributed by atoms with Gasteiger partial charge in [0.2, 0.25) is 0 Å². The van der Waals surface area contributed by atoms with Crippen molar-refractivity contribution < 1.29 is 4.79 Å². The molecule has 17 heavy (non-hydrogen) atoms. The molecule has 0 spiro atoms. The number of hydrogen-bond acceptors (Lipinski definition) is 3. The van der Waals surface area contributed by atoms with Crippen LogP contribution in [0, 0.1) is 6.92 Å². The van der Waals surface area contributed by atoms with Crippen LogP contribution in [-0.2, 0) is 7.05 Å². The molecule has 2 rings (SSSR count). The number of rotatable bonds is 2. The fraction of sp³-hybridized carbons (Fsp3) is 0.231. The van der Waals surface area contributed by atoms with E-state index in [1.54, 1.807) is 12.4 Å². The van der Waals surface area contributed by atoms with E-state index in [1.807, 2.05) is 30.7 Å². The lowest BCUT2D eigenvalue weighted by Gasteiger charge is -2.05. The highest BCUT2D eigenvalue weighted by molar-refractivity contribution is 6.03. The van der Waals surface area contributed by atoms with Gasteiger partial charge in [0.15, 0.2) is 5.78 Å². The van der Waals surface area contributed by atoms with Crippen LogP contribution in [0.1, 0.15) is 23.0 Å². The summed E-state index contributed by atoms with van der Waals surface area (Å²) >= 11 is 0. The molecule has 2 N–H and O–H groups in total. The molecular weight excluding hydrogens is 214 g/mol. The fourth-order valence-corrected chi connectivity index (χ4v) is 2.13. The summed E-state index contributed by atoms with van der Waals surface area (Å²) in [5.41, 5.74) is 9.86. The van der Waals surface area contributed by atoms with Gasteiger partial charge in [-0.3, -0.25) is 9.78 Å². The molecule has 88 valence electrons. The Bertz CT molecular complexity index is 570. The number of nitrogens with two attached hydrogens (primary N) is 1. The maximum absolute atomic E-state index is 11.6. The zero-order chi connectivity index (χ0) is 12.6. The maximum atomic E-state index is 11.6. The first-order valence-electron chi connectivity index (χ1n) is 5.40. The molecule has 0 amide bonds. The molecule has 0 aliphatic heterocycles. The maximum Gasteiger partial charge on any atom is 0.163 e. The van der Waals surface area contributed by atoms with Gasteiger partial charge in [-0.25, -0.2) is 0 Å². The third kappa shape index (κ3) is 1.71. The van der Waals surface area contributed by atoms with Gasteiger partial charge in [-0.1, -0.05) is 0 Å². The van der Waals surface area contributed by atoms with Crippen LogP contribution in [0.3, 0.4) is 0 Å². The third-order valence-electron chi connectivity index (χ3n) is 3.01. The number of anilines is 1. The minimum atomic E-state index is -0.00857. The van der Waals surface area contributed by atoms with Crippen LogP contribution in [0.5, 0.6) is 0 Å². The van der Waals surface area contributed by atoms with E-state index in [0.29, 0.717) is 11.3 Å². The van der Waals surface area contributed by atoms with E-state index in [1.165, 1.54) is 6.92 Å². The number of pyridine rings is 1. The highest BCUT2D eigenvalue weighted by Gasteiger charge is 2.20. The first-order chi connectivity index (χ1) is 8.04. The Balaban J connectivity index is 2.72. The molecule has 0 saturated heterocycles. The van der Waals surface area contributed by atoms with Crippen LogP contribution < -0.4 is 5.73 Å². The van der Waals surface area contributed by atoms with Gasteiger partial charge in [-0.15, -0.1) is 0 Å². The Labute approximate surface area is 100 Å². The van der Waals surface area contributed by atoms with Crippen molar-refractivity contribution in [3.8, 4) is 11.3 Å². The molecule has 2 heterocycles. The molecule has 0 radical (unpaired) electrons. The van der Waals surface area contributed by atoms with Crippen LogP contribution in [-0.4, -0.2) is 15.3 Å². The molecule has 0 unspecified atom stereocenters. The number of nitrogen functional groups attached to an aromatic ring is 1. The van der Waals surface area contributed by atoms with Crippen molar-refractivity contribution in [2.24, 2.45) is 7.05 Å². The fourth-order valence-electron chi connectivity index (χ4n) is 2.13. The number of hydrogen-bond donors (Lipinski definition) is 1. The second-order valence-corrected chi connectivity index (χ2v) is 4.08. The van der Waals surface area contributed by atoms with E-state index >= 15 is 0 Å². The average Bonchev–Trinajstić information content (AvgIpc) is 2.51. The Morgan fingerprint density at radius 2 is 2.18 bits per heavy atom. The summed E-state index contributed by atoms with van der Waals surface area (Å²) in [5, 5.41) is 0. The lowest BCUT2D eigenvalue weighted by molar-refractivity contribution is 0.101. The number of carbonyl (C=O) groups is 1. The van der Waals surface area contributed by atoms with Crippen LogP contribution in [0.25, 0.3) is 11.3 Å². The number of carbonyl (C=O) groups excluding carboxylic acids is 1. The van der Waals surface area contributed by atoms with E-state index in [2.05, 4.69) is 4.98 Å². The number of ketones is 1. The molecule has 0 fully saturated rings. The van der Waals surface area contributed by atoms with E-state index in [-0.39, 0.29) is 5.78 Å². The number of nitrogens with zero attached hydrogens (tertiary/aromatic N) is 2. The summed E-state index contributed by atoms with van der Waals surface area (Å²) in [5.74, 6) is -0.00857. The van der Waals surface area contributed by atoms with Gasteiger partial charge in [0.25, 0.3) is 0 Å². The molecule has 0 aliphatic carbocycles. The van der Waals surface area contributed by atoms with E-state index in [9.17, 15) is 4.79 Å². The lowest BCUT2D eigenvalue weighted by Crippen LogP contribution is -1.98. The lowest BCUT2D eigenvalue weighted by atomic mass is 10.1. The SMILES string of the molecule is CC(=O)c1c(N)c(-c2cccnc2)n(C)c1C. The molecule has 4 heteroatoms. The monoisotopic (exact) mass is 229 g/mol. The summed E-state index contributed by atoms with van der Waals surface area (Å²) < 4.78 is 1.93. The first-order valence-corrected chi connectivity index (χ1v) is 5.40. The third-order valence-corrected chi connectivity index (χ3v) is 3.01. The summed E-state index contributed by atoms with van der Waals surface area (Å²) in [6.45, 7) is 3.43. The van der Waals surface area contributed by atoms with Crippen molar-refractivity contribution >= 4 is 11.5 Å². The first kappa shape index (κ1) is 11.4. The molecule has 0 aromatic carbocycles. The molecule has 4 nitrogen and oxygen atoms in total. The molecule has 0 saturated carbocycles. The normalized spacial score (nSPS) is 10.5. The van der Waals surface area contributed by atoms with Crippen molar-refractivity contribution in [3.05, 3.63) is 35.8 Å². The predicted octanol–water partition coefficient (Wildman–Crippen LogP) is 2.18. The smallest absolute Gasteiger partial charge is 0.163 e. The van der Waals surface area contributed by atoms with E-state index in [4.69, 9.17) is 5.73 Å². The summed E-state index contributed by atoms with van der Waals surface area (Å²) in [6.07, 6.45) is 3.45. The molecule has 0 atom stereocenters. The molecule has 0 bridgehead atoms. The van der Waals surface area contributed by atoms with Crippen molar-refractivity contribution in [2.75, 3.05) is 5.73 Å². The van der Waals surface area contributed by atoms with Crippen LogP contribution in [0.2, 0.25) is 0 Å². The van der Waals surface area contributed by atoms with Gasteiger partial charge >= 0.3 is 0 Å². The second-order valence-electron chi connectivity index (χ2n) is 4.08. The minimum Gasteiger partial charge on any atom is -0.396 e. The largest absolute Gasteiger partial charge is 0.396 e. The Hall–Kier alpha value is -2.10. The van der Waals surface area contributed by atoms with Crippen molar-refractivity contribution in [1.29, 1.82) is 0 Å². The highest BCUT2D eigenvalue weighted by Crippen LogP contribution is 2.32.